The largest absolute Gasteiger partial charge is 0.444 e. The quantitative estimate of drug-likeness (QED) is 0.599. The molecule has 178 valence electrons. The van der Waals surface area contributed by atoms with E-state index >= 15 is 0 Å². The molecule has 4 unspecified atom stereocenters. The van der Waals surface area contributed by atoms with Crippen molar-refractivity contribution >= 4 is 17.9 Å². The fraction of sp³-hybridized carbons (Fsp3) is 0.640. The lowest BCUT2D eigenvalue weighted by molar-refractivity contribution is -0.141. The van der Waals surface area contributed by atoms with E-state index in [2.05, 4.69) is 24.5 Å². The zero-order valence-electron chi connectivity index (χ0n) is 20.5. The van der Waals surface area contributed by atoms with Crippen LogP contribution in [-0.4, -0.2) is 47.0 Å². The summed E-state index contributed by atoms with van der Waals surface area (Å²) in [5.74, 6) is -0.190. The smallest absolute Gasteiger partial charge is 0.408 e. The van der Waals surface area contributed by atoms with E-state index in [0.717, 1.165) is 30.4 Å². The summed E-state index contributed by atoms with van der Waals surface area (Å²) >= 11 is 0. The number of alkyl carbamates (subject to hydrolysis) is 1. The molecule has 1 aromatic rings. The summed E-state index contributed by atoms with van der Waals surface area (Å²) in [6, 6.07) is 6.91. The van der Waals surface area contributed by atoms with E-state index in [4.69, 9.17) is 4.74 Å². The van der Waals surface area contributed by atoms with Crippen LogP contribution in [-0.2, 0) is 14.3 Å². The summed E-state index contributed by atoms with van der Waals surface area (Å²) < 4.78 is 5.25. The Morgan fingerprint density at radius 2 is 1.91 bits per heavy atom. The minimum absolute atomic E-state index is 0.00766. The van der Waals surface area contributed by atoms with Crippen molar-refractivity contribution in [2.75, 3.05) is 6.54 Å². The van der Waals surface area contributed by atoms with Gasteiger partial charge >= 0.3 is 6.09 Å². The lowest BCUT2D eigenvalue weighted by Crippen LogP contribution is -2.50. The van der Waals surface area contributed by atoms with Crippen molar-refractivity contribution < 1.29 is 19.1 Å². The average molecular weight is 446 g/mol. The number of amides is 3. The van der Waals surface area contributed by atoms with E-state index in [1.54, 1.807) is 25.7 Å². The molecule has 0 heterocycles. The fourth-order valence-corrected chi connectivity index (χ4v) is 3.87. The zero-order chi connectivity index (χ0) is 24.1. The van der Waals surface area contributed by atoms with Crippen LogP contribution in [0.3, 0.4) is 0 Å². The second-order valence-electron chi connectivity index (χ2n) is 9.95. The van der Waals surface area contributed by atoms with E-state index < -0.39 is 17.7 Å². The first-order valence-corrected chi connectivity index (χ1v) is 11.6. The van der Waals surface area contributed by atoms with Gasteiger partial charge in [0.2, 0.25) is 11.8 Å². The Balaban J connectivity index is 2.29. The van der Waals surface area contributed by atoms with E-state index in [0.29, 0.717) is 5.92 Å². The van der Waals surface area contributed by atoms with Crippen molar-refractivity contribution in [1.82, 2.24) is 15.5 Å². The number of carbonyl (C=O) groups is 3. The molecule has 0 bridgehead atoms. The molecular weight excluding hydrogens is 406 g/mol. The third kappa shape index (κ3) is 7.53. The molecular formula is C25H39N3O4. The number of nitrogens with one attached hydrogen (secondary N) is 2. The molecule has 1 saturated carbocycles. The van der Waals surface area contributed by atoms with Gasteiger partial charge in [0.25, 0.3) is 0 Å². The van der Waals surface area contributed by atoms with Crippen LogP contribution in [0.1, 0.15) is 78.0 Å². The van der Waals surface area contributed by atoms with Gasteiger partial charge in [-0.05, 0) is 58.9 Å². The molecule has 0 radical (unpaired) electrons. The van der Waals surface area contributed by atoms with Crippen molar-refractivity contribution in [3.63, 3.8) is 0 Å². The molecule has 0 spiro atoms. The molecule has 1 aliphatic rings. The van der Waals surface area contributed by atoms with Gasteiger partial charge in [0.05, 0.1) is 0 Å². The summed E-state index contributed by atoms with van der Waals surface area (Å²) in [6.07, 6.45) is 2.00. The predicted molar refractivity (Wildman–Crippen MR) is 125 cm³/mol. The average Bonchev–Trinajstić information content (AvgIpc) is 3.38. The standard InChI is InChI=1S/C25H39N3O4/c1-8-10-18(4)27-23(30)22(19-12-9-11-16(2)13-19)28(20-14-17(20)3)21(29)15-26-24(31)32-25(5,6)7/h9,11-13,17-18,20,22H,8,10,14-15H2,1-7H3,(H,26,31)(H,27,30). The summed E-state index contributed by atoms with van der Waals surface area (Å²) in [6.45, 7) is 13.2. The molecule has 4 atom stereocenters. The Hall–Kier alpha value is -2.57. The molecule has 2 N–H and O–H groups in total. The SMILES string of the molecule is CCCC(C)NC(=O)C(c1cccc(C)c1)N(C(=O)CNC(=O)OC(C)(C)C)C1CC1C. The predicted octanol–water partition coefficient (Wildman–Crippen LogP) is 4.10. The van der Waals surface area contributed by atoms with Crippen LogP contribution in [0.5, 0.6) is 0 Å². The Labute approximate surface area is 192 Å². The van der Waals surface area contributed by atoms with Crippen LogP contribution >= 0.6 is 0 Å². The van der Waals surface area contributed by atoms with Gasteiger partial charge in [0.15, 0.2) is 0 Å². The third-order valence-corrected chi connectivity index (χ3v) is 5.49. The van der Waals surface area contributed by atoms with E-state index in [1.807, 2.05) is 38.1 Å². The van der Waals surface area contributed by atoms with Crippen molar-refractivity contribution in [3.8, 4) is 0 Å². The minimum Gasteiger partial charge on any atom is -0.444 e. The number of ether oxygens (including phenoxy) is 1. The van der Waals surface area contributed by atoms with Crippen LogP contribution in [0, 0.1) is 12.8 Å². The number of carbonyl (C=O) groups excluding carboxylic acids is 3. The first-order valence-electron chi connectivity index (χ1n) is 11.6. The van der Waals surface area contributed by atoms with Gasteiger partial charge in [0.1, 0.15) is 18.2 Å². The maximum atomic E-state index is 13.4. The topological polar surface area (TPSA) is 87.7 Å². The van der Waals surface area contributed by atoms with Gasteiger partial charge in [-0.25, -0.2) is 4.79 Å². The zero-order valence-corrected chi connectivity index (χ0v) is 20.5. The molecule has 0 aliphatic heterocycles. The third-order valence-electron chi connectivity index (χ3n) is 5.49. The highest BCUT2D eigenvalue weighted by atomic mass is 16.6. The second kappa shape index (κ2) is 10.8. The molecule has 32 heavy (non-hydrogen) atoms. The van der Waals surface area contributed by atoms with Gasteiger partial charge in [-0.2, -0.15) is 0 Å². The summed E-state index contributed by atoms with van der Waals surface area (Å²) in [4.78, 5) is 40.5. The number of hydrogen-bond donors (Lipinski definition) is 2. The molecule has 7 nitrogen and oxygen atoms in total. The van der Waals surface area contributed by atoms with Crippen LogP contribution in [0.15, 0.2) is 24.3 Å². The highest BCUT2D eigenvalue weighted by molar-refractivity contribution is 5.91. The summed E-state index contributed by atoms with van der Waals surface area (Å²) in [5, 5.41) is 5.63. The maximum Gasteiger partial charge on any atom is 0.408 e. The van der Waals surface area contributed by atoms with Gasteiger partial charge in [-0.3, -0.25) is 9.59 Å². The summed E-state index contributed by atoms with van der Waals surface area (Å²) in [5.41, 5.74) is 1.14. The Morgan fingerprint density at radius 3 is 2.44 bits per heavy atom. The van der Waals surface area contributed by atoms with E-state index in [-0.39, 0.29) is 30.4 Å². The second-order valence-corrected chi connectivity index (χ2v) is 9.95. The van der Waals surface area contributed by atoms with Crippen molar-refractivity contribution in [2.24, 2.45) is 5.92 Å². The number of benzene rings is 1. The molecule has 2 rings (SSSR count). The summed E-state index contributed by atoms with van der Waals surface area (Å²) in [7, 11) is 0. The van der Waals surface area contributed by atoms with E-state index in [9.17, 15) is 14.4 Å². The van der Waals surface area contributed by atoms with Crippen LogP contribution < -0.4 is 10.6 Å². The van der Waals surface area contributed by atoms with Crippen LogP contribution in [0.25, 0.3) is 0 Å². The Kier molecular flexibility index (Phi) is 8.70. The highest BCUT2D eigenvalue weighted by Crippen LogP contribution is 2.40. The Bertz CT molecular complexity index is 818. The van der Waals surface area contributed by atoms with Gasteiger partial charge in [-0.15, -0.1) is 0 Å². The number of hydrogen-bond acceptors (Lipinski definition) is 4. The van der Waals surface area contributed by atoms with Crippen LogP contribution in [0.4, 0.5) is 4.79 Å². The molecule has 1 aliphatic carbocycles. The monoisotopic (exact) mass is 445 g/mol. The highest BCUT2D eigenvalue weighted by Gasteiger charge is 2.46. The van der Waals surface area contributed by atoms with Crippen molar-refractivity contribution in [3.05, 3.63) is 35.4 Å². The van der Waals surface area contributed by atoms with Gasteiger partial charge < -0.3 is 20.3 Å². The molecule has 7 heteroatoms. The molecule has 0 aromatic heterocycles. The normalized spacial score (nSPS) is 19.5. The molecule has 0 saturated heterocycles. The number of aryl methyl sites for hydroxylation is 1. The van der Waals surface area contributed by atoms with E-state index in [1.165, 1.54) is 0 Å². The lowest BCUT2D eigenvalue weighted by atomic mass is 10.0. The number of rotatable bonds is 9. The van der Waals surface area contributed by atoms with Crippen molar-refractivity contribution in [2.45, 2.75) is 91.5 Å². The van der Waals surface area contributed by atoms with Gasteiger partial charge in [0, 0.05) is 12.1 Å². The number of nitrogens with zero attached hydrogens (tertiary/aromatic N) is 1. The maximum absolute atomic E-state index is 13.4. The molecule has 1 aromatic carbocycles. The minimum atomic E-state index is -0.753. The molecule has 1 fully saturated rings. The molecule has 3 amide bonds. The first-order chi connectivity index (χ1) is 14.9. The van der Waals surface area contributed by atoms with Crippen molar-refractivity contribution in [1.29, 1.82) is 0 Å². The first kappa shape index (κ1) is 25.7. The van der Waals surface area contributed by atoms with Gasteiger partial charge in [-0.1, -0.05) is 50.1 Å². The lowest BCUT2D eigenvalue weighted by Gasteiger charge is -2.33. The van der Waals surface area contributed by atoms with Crippen LogP contribution in [0.2, 0.25) is 0 Å². The Morgan fingerprint density at radius 1 is 1.25 bits per heavy atom. The fourth-order valence-electron chi connectivity index (χ4n) is 3.87.